The Hall–Kier alpha value is -3.36. The van der Waals surface area contributed by atoms with E-state index in [1.165, 1.54) is 12.3 Å². The number of halogens is 4. The number of aromatic nitrogens is 5. The van der Waals surface area contributed by atoms with Gasteiger partial charge in [0.1, 0.15) is 17.3 Å². The fourth-order valence-corrected chi connectivity index (χ4v) is 3.15. The molecule has 0 saturated heterocycles. The summed E-state index contributed by atoms with van der Waals surface area (Å²) in [5, 5.41) is 0.685. The lowest BCUT2D eigenvalue weighted by molar-refractivity contribution is -0.138. The summed E-state index contributed by atoms with van der Waals surface area (Å²) < 4.78 is 52.6. The topological polar surface area (TPSA) is 67.3 Å². The zero-order valence-electron chi connectivity index (χ0n) is 15.0. The highest BCUT2D eigenvalue weighted by Gasteiger charge is 2.33. The van der Waals surface area contributed by atoms with E-state index in [9.17, 15) is 17.6 Å². The molecule has 29 heavy (non-hydrogen) atoms. The number of hydrogen-bond donors (Lipinski definition) is 1. The highest BCUT2D eigenvalue weighted by molar-refractivity contribution is 5.79. The van der Waals surface area contributed by atoms with E-state index < -0.39 is 17.6 Å². The van der Waals surface area contributed by atoms with E-state index in [1.54, 1.807) is 18.6 Å². The van der Waals surface area contributed by atoms with E-state index in [0.717, 1.165) is 29.6 Å². The molecule has 4 rings (SSSR count). The van der Waals surface area contributed by atoms with Crippen molar-refractivity contribution in [3.8, 4) is 0 Å². The summed E-state index contributed by atoms with van der Waals surface area (Å²) in [6, 6.07) is 2.38. The van der Waals surface area contributed by atoms with Gasteiger partial charge in [0, 0.05) is 49.2 Å². The number of aromatic amines is 1. The molecule has 0 aliphatic rings. The molecule has 0 bridgehead atoms. The monoisotopic (exact) mass is 401 g/mol. The molecule has 4 aromatic rings. The van der Waals surface area contributed by atoms with Crippen molar-refractivity contribution in [2.24, 2.45) is 0 Å². The van der Waals surface area contributed by atoms with Gasteiger partial charge in [-0.2, -0.15) is 13.2 Å². The first-order chi connectivity index (χ1) is 13.9. The van der Waals surface area contributed by atoms with Crippen molar-refractivity contribution in [3.63, 3.8) is 0 Å². The van der Waals surface area contributed by atoms with Crippen LogP contribution >= 0.6 is 0 Å². The normalized spacial score (nSPS) is 11.9. The van der Waals surface area contributed by atoms with Gasteiger partial charge >= 0.3 is 6.18 Å². The highest BCUT2D eigenvalue weighted by Crippen LogP contribution is 2.31. The Morgan fingerprint density at radius 3 is 2.48 bits per heavy atom. The van der Waals surface area contributed by atoms with Crippen LogP contribution in [0.3, 0.4) is 0 Å². The van der Waals surface area contributed by atoms with Crippen LogP contribution in [0.15, 0.2) is 49.3 Å². The van der Waals surface area contributed by atoms with Crippen molar-refractivity contribution in [3.05, 3.63) is 83.2 Å². The van der Waals surface area contributed by atoms with Gasteiger partial charge in [-0.1, -0.05) is 0 Å². The van der Waals surface area contributed by atoms with Crippen LogP contribution in [0, 0.1) is 5.82 Å². The van der Waals surface area contributed by atoms with Crippen molar-refractivity contribution >= 4 is 11.0 Å². The van der Waals surface area contributed by atoms with Crippen LogP contribution in [0.25, 0.3) is 11.0 Å². The molecule has 0 atom stereocenters. The van der Waals surface area contributed by atoms with Crippen LogP contribution in [0.4, 0.5) is 17.6 Å². The van der Waals surface area contributed by atoms with Crippen molar-refractivity contribution in [2.75, 3.05) is 0 Å². The third-order valence-electron chi connectivity index (χ3n) is 4.56. The summed E-state index contributed by atoms with van der Waals surface area (Å²) in [6.45, 7) is 0. The summed E-state index contributed by atoms with van der Waals surface area (Å²) in [5.41, 5.74) is 1.67. The molecule has 4 heterocycles. The van der Waals surface area contributed by atoms with Gasteiger partial charge in [-0.05, 0) is 35.2 Å². The standard InChI is InChI=1S/C20H15F4N5/c21-15-6-16-14(10-28-19(16)29-11-15)5-12-7-26-18(27-8-12)2-1-13-9-25-4-3-17(13)20(22,23)24/h3-4,6-11H,1-2,5H2,(H,28,29). The summed E-state index contributed by atoms with van der Waals surface area (Å²) >= 11 is 0. The molecule has 0 spiro atoms. The maximum Gasteiger partial charge on any atom is 0.416 e. The van der Waals surface area contributed by atoms with E-state index in [-0.39, 0.29) is 18.4 Å². The molecular formula is C20H15F4N5. The van der Waals surface area contributed by atoms with E-state index in [2.05, 4.69) is 24.9 Å². The zero-order valence-corrected chi connectivity index (χ0v) is 15.0. The minimum atomic E-state index is -4.42. The van der Waals surface area contributed by atoms with Crippen molar-refractivity contribution in [1.29, 1.82) is 0 Å². The third kappa shape index (κ3) is 4.23. The Balaban J connectivity index is 1.45. The maximum atomic E-state index is 13.4. The van der Waals surface area contributed by atoms with Gasteiger partial charge in [-0.3, -0.25) is 4.98 Å². The van der Waals surface area contributed by atoms with Gasteiger partial charge in [-0.25, -0.2) is 19.3 Å². The fourth-order valence-electron chi connectivity index (χ4n) is 3.15. The Labute approximate surface area is 162 Å². The zero-order chi connectivity index (χ0) is 20.4. The SMILES string of the molecule is Fc1cnc2[nH]cc(Cc3cnc(CCc4cnccc4C(F)(F)F)nc3)c2c1. The minimum absolute atomic E-state index is 0.112. The Morgan fingerprint density at radius 2 is 1.72 bits per heavy atom. The second-order valence-electron chi connectivity index (χ2n) is 6.58. The van der Waals surface area contributed by atoms with Crippen LogP contribution in [0.1, 0.15) is 28.1 Å². The molecular weight excluding hydrogens is 386 g/mol. The summed E-state index contributed by atoms with van der Waals surface area (Å²) in [6.07, 6.45) is 4.96. The second kappa shape index (κ2) is 7.57. The van der Waals surface area contributed by atoms with E-state index in [0.29, 0.717) is 23.3 Å². The number of pyridine rings is 2. The number of aryl methyl sites for hydroxylation is 2. The number of rotatable bonds is 5. The van der Waals surface area contributed by atoms with E-state index in [1.807, 2.05) is 0 Å². The number of nitrogens with zero attached hydrogens (tertiary/aromatic N) is 4. The minimum Gasteiger partial charge on any atom is -0.346 e. The second-order valence-corrected chi connectivity index (χ2v) is 6.58. The predicted molar refractivity (Wildman–Crippen MR) is 97.5 cm³/mol. The quantitative estimate of drug-likeness (QED) is 0.507. The first-order valence-corrected chi connectivity index (χ1v) is 8.81. The number of H-pyrrole nitrogens is 1. The van der Waals surface area contributed by atoms with Crippen LogP contribution < -0.4 is 0 Å². The number of alkyl halides is 3. The average Bonchev–Trinajstić information content (AvgIpc) is 3.09. The van der Waals surface area contributed by atoms with Gasteiger partial charge in [0.2, 0.25) is 0 Å². The molecule has 0 radical (unpaired) electrons. The Bertz CT molecular complexity index is 1140. The summed E-state index contributed by atoms with van der Waals surface area (Å²) in [7, 11) is 0. The molecule has 4 aromatic heterocycles. The molecule has 0 saturated carbocycles. The Kier molecular flexibility index (Phi) is 4.96. The summed E-state index contributed by atoms with van der Waals surface area (Å²) in [5.74, 6) is 0.0240. The number of hydrogen-bond acceptors (Lipinski definition) is 4. The molecule has 1 N–H and O–H groups in total. The Morgan fingerprint density at radius 1 is 0.931 bits per heavy atom. The summed E-state index contributed by atoms with van der Waals surface area (Å²) in [4.78, 5) is 19.3. The van der Waals surface area contributed by atoms with Gasteiger partial charge in [0.15, 0.2) is 0 Å². The van der Waals surface area contributed by atoms with Gasteiger partial charge < -0.3 is 4.98 Å². The van der Waals surface area contributed by atoms with Crippen LogP contribution in [0.5, 0.6) is 0 Å². The van der Waals surface area contributed by atoms with Gasteiger partial charge in [0.05, 0.1) is 11.8 Å². The highest BCUT2D eigenvalue weighted by atomic mass is 19.4. The number of nitrogens with one attached hydrogen (secondary N) is 1. The first kappa shape index (κ1) is 19.0. The molecule has 0 aliphatic carbocycles. The fraction of sp³-hybridized carbons (Fsp3) is 0.200. The molecule has 0 aliphatic heterocycles. The lowest BCUT2D eigenvalue weighted by Gasteiger charge is -2.11. The van der Waals surface area contributed by atoms with E-state index in [4.69, 9.17) is 0 Å². The molecule has 0 amide bonds. The lowest BCUT2D eigenvalue weighted by atomic mass is 10.0. The molecule has 0 fully saturated rings. The number of fused-ring (bicyclic) bond motifs is 1. The largest absolute Gasteiger partial charge is 0.416 e. The average molecular weight is 401 g/mol. The van der Waals surface area contributed by atoms with E-state index >= 15 is 0 Å². The molecule has 148 valence electrons. The third-order valence-corrected chi connectivity index (χ3v) is 4.56. The lowest BCUT2D eigenvalue weighted by Crippen LogP contribution is -2.10. The van der Waals surface area contributed by atoms with Gasteiger partial charge in [-0.15, -0.1) is 0 Å². The maximum absolute atomic E-state index is 13.4. The molecule has 0 aromatic carbocycles. The molecule has 5 nitrogen and oxygen atoms in total. The van der Waals surface area contributed by atoms with Crippen molar-refractivity contribution < 1.29 is 17.6 Å². The van der Waals surface area contributed by atoms with Crippen molar-refractivity contribution in [2.45, 2.75) is 25.4 Å². The predicted octanol–water partition coefficient (Wildman–Crippen LogP) is 4.28. The molecule has 0 unspecified atom stereocenters. The smallest absolute Gasteiger partial charge is 0.346 e. The van der Waals surface area contributed by atoms with Crippen LogP contribution in [0.2, 0.25) is 0 Å². The van der Waals surface area contributed by atoms with Crippen molar-refractivity contribution in [1.82, 2.24) is 24.9 Å². The molecule has 9 heteroatoms. The van der Waals surface area contributed by atoms with Crippen LogP contribution in [-0.4, -0.2) is 24.9 Å². The van der Waals surface area contributed by atoms with Gasteiger partial charge in [0.25, 0.3) is 0 Å². The van der Waals surface area contributed by atoms with Crippen LogP contribution in [-0.2, 0) is 25.4 Å². The first-order valence-electron chi connectivity index (χ1n) is 8.81.